The van der Waals surface area contributed by atoms with E-state index in [0.717, 1.165) is 53.1 Å². The lowest BCUT2D eigenvalue weighted by molar-refractivity contribution is -0.385. The minimum atomic E-state index is -1.68. The first-order valence-electron chi connectivity index (χ1n) is 30.7. The number of methoxy groups -OCH3 is 1. The summed E-state index contributed by atoms with van der Waals surface area (Å²) in [5, 5.41) is 74.2. The van der Waals surface area contributed by atoms with Gasteiger partial charge in [-0.1, -0.05) is 198 Å². The van der Waals surface area contributed by atoms with Crippen molar-refractivity contribution in [1.29, 1.82) is 0 Å². The van der Waals surface area contributed by atoms with Crippen LogP contribution in [0.3, 0.4) is 0 Å². The van der Waals surface area contributed by atoms with Crippen molar-refractivity contribution in [3.8, 4) is 34.5 Å². The predicted molar refractivity (Wildman–Crippen MR) is 362 cm³/mol. The van der Waals surface area contributed by atoms with Gasteiger partial charge in [0.2, 0.25) is 10.9 Å². The highest BCUT2D eigenvalue weighted by atomic mass is 32.2. The Labute approximate surface area is 547 Å². The van der Waals surface area contributed by atoms with Gasteiger partial charge in [-0.15, -0.1) is 5.10 Å². The van der Waals surface area contributed by atoms with Gasteiger partial charge in [0, 0.05) is 38.6 Å². The van der Waals surface area contributed by atoms with Crippen molar-refractivity contribution in [3.63, 3.8) is 0 Å². The van der Waals surface area contributed by atoms with Gasteiger partial charge < -0.3 is 45.3 Å². The topological polar surface area (TPSA) is 288 Å². The number of carboxylic acid groups (broad SMARTS) is 2. The zero-order valence-corrected chi connectivity index (χ0v) is 53.8. The van der Waals surface area contributed by atoms with Crippen LogP contribution in [-0.4, -0.2) is 83.0 Å². The van der Waals surface area contributed by atoms with Crippen molar-refractivity contribution in [2.45, 2.75) is 120 Å². The molecule has 0 spiro atoms. The summed E-state index contributed by atoms with van der Waals surface area (Å²) >= 11 is 2.41. The highest BCUT2D eigenvalue weighted by Gasteiger charge is 2.25. The van der Waals surface area contributed by atoms with E-state index in [9.17, 15) is 39.5 Å². The number of nitro groups is 1. The molecule has 0 fully saturated rings. The minimum Gasteiger partial charge on any atom is -0.506 e. The number of aryl methyl sites for hydroxylation is 2. The molecule has 1 aromatic heterocycles. The van der Waals surface area contributed by atoms with E-state index in [2.05, 4.69) is 33.1 Å². The average Bonchev–Trinajstić information content (AvgIpc) is 1.32. The second-order valence-corrected chi connectivity index (χ2v) is 24.0. The van der Waals surface area contributed by atoms with Gasteiger partial charge in [0.1, 0.15) is 28.7 Å². The number of hydrogen-bond donors (Lipinski definition) is 6. The summed E-state index contributed by atoms with van der Waals surface area (Å²) in [5.41, 5.74) is 4.28. The number of ether oxygens (including phenoxy) is 3. The zero-order valence-electron chi connectivity index (χ0n) is 52.2. The number of rotatable bonds is 32. The third kappa shape index (κ3) is 19.3. The third-order valence-corrected chi connectivity index (χ3v) is 17.2. The summed E-state index contributed by atoms with van der Waals surface area (Å²) in [4.78, 5) is 61.5. The first-order chi connectivity index (χ1) is 45.0. The summed E-state index contributed by atoms with van der Waals surface area (Å²) < 4.78 is 19.2. The molecular formula is C71H75N7O13S2. The average molecular weight is 1300 g/mol. The molecule has 2 amide bonds. The van der Waals surface area contributed by atoms with Gasteiger partial charge in [0.15, 0.2) is 5.92 Å². The SMILES string of the molecule is CCCCCCCCCCCCCCOc1ccccc1NC(=O)c1cc(Oc2ccc(CSc3nnnn3Cc3ccc(OC)cc3)cc2[N+](=O)[O-])c2ccccc2c1O.Cc1ccc(C)c(NC(=O)c2cc(S/C=C/C(C(=O)O)C(=O)O)c3ccccc3c2O)c1. The van der Waals surface area contributed by atoms with Crippen LogP contribution in [0.2, 0.25) is 0 Å². The number of nitro benzene ring substituents is 1. The lowest BCUT2D eigenvalue weighted by atomic mass is 10.0. The van der Waals surface area contributed by atoms with Crippen molar-refractivity contribution in [1.82, 2.24) is 20.2 Å². The predicted octanol–water partition coefficient (Wildman–Crippen LogP) is 16.7. The van der Waals surface area contributed by atoms with Crippen LogP contribution in [0.1, 0.15) is 127 Å². The molecular weight excluding hydrogens is 1220 g/mol. The number of carbonyl (C=O) groups excluding carboxylic acids is 2. The number of carboxylic acids is 2. The molecule has 93 heavy (non-hydrogen) atoms. The fourth-order valence-corrected chi connectivity index (χ4v) is 11.9. The van der Waals surface area contributed by atoms with Gasteiger partial charge in [-0.3, -0.25) is 29.3 Å². The maximum atomic E-state index is 13.9. The van der Waals surface area contributed by atoms with E-state index in [1.54, 1.807) is 84.6 Å². The van der Waals surface area contributed by atoms with Crippen LogP contribution in [0.5, 0.6) is 34.5 Å². The number of hydrogen-bond acceptors (Lipinski definition) is 16. The van der Waals surface area contributed by atoms with Crippen LogP contribution in [0.4, 0.5) is 17.1 Å². The number of unbranched alkanes of at least 4 members (excludes halogenated alkanes) is 11. The number of benzene rings is 8. The summed E-state index contributed by atoms with van der Waals surface area (Å²) in [6, 6.07) is 41.8. The maximum absolute atomic E-state index is 13.9. The van der Waals surface area contributed by atoms with Gasteiger partial charge >= 0.3 is 17.6 Å². The van der Waals surface area contributed by atoms with Crippen LogP contribution in [-0.2, 0) is 21.9 Å². The molecule has 9 rings (SSSR count). The summed E-state index contributed by atoms with van der Waals surface area (Å²) in [7, 11) is 1.61. The second-order valence-electron chi connectivity index (χ2n) is 22.1. The molecule has 20 nitrogen and oxygen atoms in total. The van der Waals surface area contributed by atoms with Gasteiger partial charge in [-0.05, 0) is 112 Å². The highest BCUT2D eigenvalue weighted by molar-refractivity contribution is 8.02. The van der Waals surface area contributed by atoms with E-state index in [1.807, 2.05) is 62.4 Å². The number of aromatic hydroxyl groups is 2. The quantitative estimate of drug-likeness (QED) is 0.00751. The highest BCUT2D eigenvalue weighted by Crippen LogP contribution is 2.42. The Kier molecular flexibility index (Phi) is 25.6. The molecule has 0 bridgehead atoms. The summed E-state index contributed by atoms with van der Waals surface area (Å²) in [6.07, 6.45) is 16.1. The van der Waals surface area contributed by atoms with E-state index >= 15 is 0 Å². The normalized spacial score (nSPS) is 11.2. The largest absolute Gasteiger partial charge is 0.506 e. The van der Waals surface area contributed by atoms with Crippen LogP contribution in [0, 0.1) is 29.9 Å². The van der Waals surface area contributed by atoms with E-state index in [0.29, 0.717) is 73.2 Å². The number of phenolic OH excluding ortho intramolecular Hbond substituents is 2. The van der Waals surface area contributed by atoms with E-state index in [-0.39, 0.29) is 39.8 Å². The van der Waals surface area contributed by atoms with Crippen molar-refractivity contribution in [2.24, 2.45) is 5.92 Å². The molecule has 484 valence electrons. The number of carbonyl (C=O) groups is 4. The lowest BCUT2D eigenvalue weighted by Crippen LogP contribution is -2.20. The van der Waals surface area contributed by atoms with Crippen molar-refractivity contribution < 1.29 is 58.7 Å². The number of aliphatic carboxylic acids is 2. The van der Waals surface area contributed by atoms with Crippen LogP contribution < -0.4 is 24.8 Å². The molecule has 8 aromatic carbocycles. The fourth-order valence-electron chi connectivity index (χ4n) is 10.2. The Morgan fingerprint density at radius 1 is 0.645 bits per heavy atom. The molecule has 0 unspecified atom stereocenters. The molecule has 0 aliphatic heterocycles. The molecule has 0 saturated heterocycles. The Balaban J connectivity index is 0.000000291. The number of fused-ring (bicyclic) bond motifs is 2. The molecule has 0 atom stereocenters. The number of amides is 2. The Morgan fingerprint density at radius 2 is 1.23 bits per heavy atom. The molecule has 0 aliphatic carbocycles. The van der Waals surface area contributed by atoms with Crippen LogP contribution in [0.15, 0.2) is 167 Å². The first-order valence-corrected chi connectivity index (χ1v) is 32.6. The molecule has 6 N–H and O–H groups in total. The number of anilines is 2. The Morgan fingerprint density at radius 3 is 1.87 bits per heavy atom. The molecule has 22 heteroatoms. The van der Waals surface area contributed by atoms with Crippen molar-refractivity contribution in [3.05, 3.63) is 201 Å². The molecule has 0 saturated carbocycles. The lowest BCUT2D eigenvalue weighted by Gasteiger charge is -2.16. The third-order valence-electron chi connectivity index (χ3n) is 15.3. The van der Waals surface area contributed by atoms with E-state index in [1.165, 1.54) is 106 Å². The molecule has 9 aromatic rings. The smallest absolute Gasteiger partial charge is 0.321 e. The van der Waals surface area contributed by atoms with Gasteiger partial charge in [0.25, 0.3) is 11.8 Å². The number of phenols is 2. The number of tetrazole rings is 1. The number of nitrogens with zero attached hydrogens (tertiary/aromatic N) is 5. The van der Waals surface area contributed by atoms with Crippen molar-refractivity contribution in [2.75, 3.05) is 24.4 Å². The Hall–Kier alpha value is -9.93. The number of para-hydroxylation sites is 2. The maximum Gasteiger partial charge on any atom is 0.321 e. The molecule has 1 heterocycles. The summed E-state index contributed by atoms with van der Waals surface area (Å²) in [6.45, 7) is 6.98. The van der Waals surface area contributed by atoms with E-state index < -0.39 is 34.6 Å². The monoisotopic (exact) mass is 1300 g/mol. The van der Waals surface area contributed by atoms with E-state index in [4.69, 9.17) is 24.4 Å². The number of nitrogens with one attached hydrogen (secondary N) is 2. The zero-order chi connectivity index (χ0) is 66.2. The Bertz CT molecular complexity index is 4090. The number of thioether (sulfide) groups is 2. The second kappa shape index (κ2) is 34.5. The van der Waals surface area contributed by atoms with Gasteiger partial charge in [0.05, 0.1) is 42.0 Å². The van der Waals surface area contributed by atoms with Crippen molar-refractivity contribution >= 4 is 85.9 Å². The standard InChI is InChI=1S/C47H54N6O7S.C24H21NO6S/c1-3-4-5-6-7-8-9-10-11-12-13-18-29-59-42-22-17-16-21-40(42)48-46(55)39-31-44(37-19-14-15-20-38(37)45(39)54)60-43-28-25-35(30-41(43)53(56)57)33-61-47-49-50-51-52(47)32-34-23-26-36(58-2)27-24-34;1-13-7-8-14(2)19(11-13)25-22(27)18-12-20(15-5-3-4-6-16(15)21(18)26)32-10-9-17(23(28)29)24(30)31/h14-17,19-28,30-31,54H,3-13,18,29,32-33H2,1-2H3,(H,48,55);3-12,17,26H,1-2H3,(H,25,27)(H,28,29)(H,30,31)/b;10-9+. The van der Waals surface area contributed by atoms with Crippen LogP contribution in [0.25, 0.3) is 21.5 Å². The molecule has 0 radical (unpaired) electrons. The summed E-state index contributed by atoms with van der Waals surface area (Å²) in [5.74, 6) is -4.38. The fraction of sp³-hybridized carbons (Fsp3) is 0.282. The number of aromatic nitrogens is 4. The first kappa shape index (κ1) is 69.0. The molecule has 0 aliphatic rings. The minimum absolute atomic E-state index is 0.0261. The van der Waals surface area contributed by atoms with Gasteiger partial charge in [-0.25, -0.2) is 4.68 Å². The van der Waals surface area contributed by atoms with Gasteiger partial charge in [-0.2, -0.15) is 0 Å². The van der Waals surface area contributed by atoms with Crippen LogP contribution >= 0.6 is 23.5 Å².